The number of hydrogen-bond donors (Lipinski definition) is 0. The van der Waals surface area contributed by atoms with Gasteiger partial charge in [0.05, 0.1) is 12.2 Å². The maximum absolute atomic E-state index is 12.5. The van der Waals surface area contributed by atoms with Crippen LogP contribution in [0, 0.1) is 0 Å². The lowest BCUT2D eigenvalue weighted by atomic mass is 10.0. The van der Waals surface area contributed by atoms with Crippen molar-refractivity contribution in [3.63, 3.8) is 0 Å². The van der Waals surface area contributed by atoms with Crippen LogP contribution in [0.25, 0.3) is 11.1 Å². The Balaban J connectivity index is 1.27. The number of cyclic esters (lactones) is 1. The van der Waals surface area contributed by atoms with E-state index in [1.807, 2.05) is 49.4 Å². The van der Waals surface area contributed by atoms with E-state index < -0.39 is 30.0 Å². The van der Waals surface area contributed by atoms with E-state index in [1.165, 1.54) is 0 Å². The standard InChI is InChI=1S/C29H27NO8/c1-2-35-24-14-12-22(13-15-24)21-8-10-23(11-9-21)27(32)38-26(31)17-16-25-28(33)37-19-30(25)29(34)36-18-20-6-4-3-5-7-20/h3-15,25H,2,16-19H2,1H3. The summed E-state index contributed by atoms with van der Waals surface area (Å²) in [5.41, 5.74) is 2.83. The van der Waals surface area contributed by atoms with Gasteiger partial charge in [0, 0.05) is 6.42 Å². The minimum atomic E-state index is -1.01. The summed E-state index contributed by atoms with van der Waals surface area (Å²) in [7, 11) is 0. The molecule has 1 atom stereocenters. The Bertz CT molecular complexity index is 1270. The lowest BCUT2D eigenvalue weighted by Gasteiger charge is -2.19. The summed E-state index contributed by atoms with van der Waals surface area (Å²) in [6, 6.07) is 22.3. The van der Waals surface area contributed by atoms with Crippen LogP contribution in [0.15, 0.2) is 78.9 Å². The van der Waals surface area contributed by atoms with Gasteiger partial charge >= 0.3 is 24.0 Å². The molecule has 1 amide bonds. The van der Waals surface area contributed by atoms with Gasteiger partial charge in [0.25, 0.3) is 0 Å². The number of nitrogens with zero attached hydrogens (tertiary/aromatic N) is 1. The molecular weight excluding hydrogens is 490 g/mol. The SMILES string of the molecule is CCOc1ccc(-c2ccc(C(=O)OC(=O)CCC3C(=O)OCN3C(=O)OCc3ccccc3)cc2)cc1. The lowest BCUT2D eigenvalue weighted by molar-refractivity contribution is -0.140. The molecule has 1 unspecified atom stereocenters. The van der Waals surface area contributed by atoms with E-state index in [2.05, 4.69) is 0 Å². The van der Waals surface area contributed by atoms with Gasteiger partial charge in [0.15, 0.2) is 6.73 Å². The van der Waals surface area contributed by atoms with Crippen LogP contribution in [0.5, 0.6) is 5.75 Å². The van der Waals surface area contributed by atoms with Crippen LogP contribution >= 0.6 is 0 Å². The van der Waals surface area contributed by atoms with Crippen LogP contribution in [0.1, 0.15) is 35.7 Å². The van der Waals surface area contributed by atoms with Crippen molar-refractivity contribution in [2.45, 2.75) is 32.4 Å². The molecule has 3 aromatic carbocycles. The number of hydrogen-bond acceptors (Lipinski definition) is 8. The highest BCUT2D eigenvalue weighted by Gasteiger charge is 2.39. The Hall–Kier alpha value is -4.66. The number of amides is 1. The fraction of sp³-hybridized carbons (Fsp3) is 0.241. The van der Waals surface area contributed by atoms with Gasteiger partial charge in [-0.05, 0) is 54.3 Å². The zero-order valence-electron chi connectivity index (χ0n) is 20.8. The summed E-state index contributed by atoms with van der Waals surface area (Å²) in [4.78, 5) is 50.4. The first-order chi connectivity index (χ1) is 18.4. The van der Waals surface area contributed by atoms with Crippen molar-refractivity contribution >= 4 is 24.0 Å². The molecule has 1 saturated heterocycles. The Labute approximate surface area is 219 Å². The molecule has 0 aromatic heterocycles. The highest BCUT2D eigenvalue weighted by Crippen LogP contribution is 2.23. The first kappa shape index (κ1) is 26.4. The van der Waals surface area contributed by atoms with E-state index in [9.17, 15) is 19.2 Å². The van der Waals surface area contributed by atoms with Gasteiger partial charge in [-0.2, -0.15) is 0 Å². The van der Waals surface area contributed by atoms with Crippen LogP contribution in [-0.2, 0) is 30.4 Å². The molecular formula is C29H27NO8. The molecule has 1 heterocycles. The summed E-state index contributed by atoms with van der Waals surface area (Å²) in [6.45, 7) is 2.26. The van der Waals surface area contributed by atoms with Gasteiger partial charge in [0.1, 0.15) is 18.4 Å². The molecule has 1 aliphatic rings. The number of ether oxygens (including phenoxy) is 4. The van der Waals surface area contributed by atoms with E-state index in [0.717, 1.165) is 27.3 Å². The Morgan fingerprint density at radius 1 is 0.921 bits per heavy atom. The lowest BCUT2D eigenvalue weighted by Crippen LogP contribution is -2.39. The zero-order chi connectivity index (χ0) is 26.9. The van der Waals surface area contributed by atoms with Crippen molar-refractivity contribution < 1.29 is 38.1 Å². The Kier molecular flexibility index (Phi) is 8.71. The second-order valence-corrected chi connectivity index (χ2v) is 8.45. The van der Waals surface area contributed by atoms with Crippen molar-refractivity contribution in [1.82, 2.24) is 4.90 Å². The van der Waals surface area contributed by atoms with E-state index in [-0.39, 0.29) is 31.7 Å². The van der Waals surface area contributed by atoms with Gasteiger partial charge in [-0.1, -0.05) is 54.6 Å². The van der Waals surface area contributed by atoms with Crippen molar-refractivity contribution in [3.8, 4) is 16.9 Å². The van der Waals surface area contributed by atoms with Gasteiger partial charge in [-0.25, -0.2) is 14.4 Å². The van der Waals surface area contributed by atoms with E-state index in [1.54, 1.807) is 36.4 Å². The van der Waals surface area contributed by atoms with Gasteiger partial charge in [0.2, 0.25) is 0 Å². The fourth-order valence-electron chi connectivity index (χ4n) is 3.88. The minimum Gasteiger partial charge on any atom is -0.494 e. The number of esters is 3. The van der Waals surface area contributed by atoms with Crippen molar-refractivity contribution in [1.29, 1.82) is 0 Å². The summed E-state index contributed by atoms with van der Waals surface area (Å²) < 4.78 is 20.6. The fourth-order valence-corrected chi connectivity index (χ4v) is 3.88. The summed E-state index contributed by atoms with van der Waals surface area (Å²) in [5, 5.41) is 0. The third kappa shape index (κ3) is 6.76. The predicted molar refractivity (Wildman–Crippen MR) is 136 cm³/mol. The highest BCUT2D eigenvalue weighted by atomic mass is 16.6. The molecule has 3 aromatic rings. The van der Waals surface area contributed by atoms with Crippen LogP contribution in [0.3, 0.4) is 0 Å². The quantitative estimate of drug-likeness (QED) is 0.228. The van der Waals surface area contributed by atoms with Crippen LogP contribution in [0.2, 0.25) is 0 Å². The monoisotopic (exact) mass is 517 g/mol. The number of rotatable bonds is 9. The molecule has 0 spiro atoms. The first-order valence-corrected chi connectivity index (χ1v) is 12.2. The first-order valence-electron chi connectivity index (χ1n) is 12.2. The summed E-state index contributed by atoms with van der Waals surface area (Å²) in [6.07, 6.45) is -1.07. The number of carbonyl (C=O) groups excluding carboxylic acids is 4. The van der Waals surface area contributed by atoms with Crippen LogP contribution in [0.4, 0.5) is 4.79 Å². The molecule has 196 valence electrons. The summed E-state index contributed by atoms with van der Waals surface area (Å²) in [5.74, 6) is -1.50. The van der Waals surface area contributed by atoms with Crippen LogP contribution in [-0.4, -0.2) is 48.3 Å². The van der Waals surface area contributed by atoms with E-state index in [4.69, 9.17) is 18.9 Å². The van der Waals surface area contributed by atoms with Crippen molar-refractivity contribution in [2.75, 3.05) is 13.3 Å². The molecule has 1 fully saturated rings. The maximum Gasteiger partial charge on any atom is 0.413 e. The van der Waals surface area contributed by atoms with Gasteiger partial charge in [-0.15, -0.1) is 0 Å². The number of benzene rings is 3. The number of carbonyl (C=O) groups is 4. The normalized spacial score (nSPS) is 14.5. The molecule has 4 rings (SSSR count). The van der Waals surface area contributed by atoms with Crippen LogP contribution < -0.4 is 4.74 Å². The third-order valence-electron chi connectivity index (χ3n) is 5.88. The van der Waals surface area contributed by atoms with E-state index >= 15 is 0 Å². The van der Waals surface area contributed by atoms with Gasteiger partial charge in [-0.3, -0.25) is 9.69 Å². The molecule has 9 nitrogen and oxygen atoms in total. The second kappa shape index (κ2) is 12.5. The molecule has 9 heteroatoms. The molecule has 38 heavy (non-hydrogen) atoms. The molecule has 1 aliphatic heterocycles. The summed E-state index contributed by atoms with van der Waals surface area (Å²) >= 11 is 0. The largest absolute Gasteiger partial charge is 0.494 e. The minimum absolute atomic E-state index is 0.0327. The third-order valence-corrected chi connectivity index (χ3v) is 5.88. The molecule has 0 bridgehead atoms. The Morgan fingerprint density at radius 3 is 2.24 bits per heavy atom. The highest BCUT2D eigenvalue weighted by molar-refractivity contribution is 5.97. The predicted octanol–water partition coefficient (Wildman–Crippen LogP) is 4.74. The molecule has 0 N–H and O–H groups in total. The van der Waals surface area contributed by atoms with Gasteiger partial charge < -0.3 is 18.9 Å². The molecule has 0 aliphatic carbocycles. The topological polar surface area (TPSA) is 108 Å². The average Bonchev–Trinajstić information content (AvgIpc) is 3.32. The smallest absolute Gasteiger partial charge is 0.413 e. The second-order valence-electron chi connectivity index (χ2n) is 8.45. The van der Waals surface area contributed by atoms with Crippen molar-refractivity contribution in [3.05, 3.63) is 90.0 Å². The van der Waals surface area contributed by atoms with Crippen molar-refractivity contribution in [2.24, 2.45) is 0 Å². The average molecular weight is 518 g/mol. The maximum atomic E-state index is 12.5. The van der Waals surface area contributed by atoms with E-state index in [0.29, 0.717) is 6.61 Å². The molecule has 0 saturated carbocycles. The molecule has 0 radical (unpaired) electrons. The Morgan fingerprint density at radius 2 is 1.58 bits per heavy atom. The zero-order valence-corrected chi connectivity index (χ0v) is 20.8.